The zero-order valence-electron chi connectivity index (χ0n) is 14.1. The van der Waals surface area contributed by atoms with Crippen molar-refractivity contribution in [3.8, 4) is 0 Å². The number of ether oxygens (including phenoxy) is 1. The highest BCUT2D eigenvalue weighted by Crippen LogP contribution is 2.25. The summed E-state index contributed by atoms with van der Waals surface area (Å²) in [7, 11) is 0. The van der Waals surface area contributed by atoms with Crippen LogP contribution in [0.2, 0.25) is 0 Å². The zero-order valence-corrected chi connectivity index (χ0v) is 14.1. The first-order valence-electron chi connectivity index (χ1n) is 7.65. The van der Waals surface area contributed by atoms with E-state index in [9.17, 15) is 9.59 Å². The van der Waals surface area contributed by atoms with E-state index in [1.807, 2.05) is 39.0 Å². The van der Waals surface area contributed by atoms with Crippen LogP contribution in [-0.4, -0.2) is 20.8 Å². The van der Waals surface area contributed by atoms with E-state index in [2.05, 4.69) is 0 Å². The van der Waals surface area contributed by atoms with Gasteiger partial charge in [0.25, 0.3) is 0 Å². The lowest BCUT2D eigenvalue weighted by atomic mass is 10.0. The third kappa shape index (κ3) is 2.80. The van der Waals surface area contributed by atoms with Gasteiger partial charge in [-0.05, 0) is 45.2 Å². The summed E-state index contributed by atoms with van der Waals surface area (Å²) in [5.74, 6) is 0.199. The monoisotopic (exact) mass is 304 g/mol. The molecule has 22 heavy (non-hydrogen) atoms. The Morgan fingerprint density at radius 3 is 2.41 bits per heavy atom. The summed E-state index contributed by atoms with van der Waals surface area (Å²) in [5, 5.41) is 0. The molecule has 0 fully saturated rings. The summed E-state index contributed by atoms with van der Waals surface area (Å²) < 4.78 is 8.18. The molecular weight excluding hydrogens is 280 g/mol. The molecule has 0 amide bonds. The Hall–Kier alpha value is -2.04. The van der Waals surface area contributed by atoms with Gasteiger partial charge in [-0.15, -0.1) is 0 Å². The predicted octanol–water partition coefficient (Wildman–Crippen LogP) is 3.73. The summed E-state index contributed by atoms with van der Waals surface area (Å²) in [6.07, 6.45) is -0.622. The molecule has 5 heteroatoms. The molecular formula is C17H24N2O3. The van der Waals surface area contributed by atoms with Crippen molar-refractivity contribution < 1.29 is 9.53 Å². The van der Waals surface area contributed by atoms with E-state index in [4.69, 9.17) is 4.74 Å². The number of hydrogen-bond acceptors (Lipinski definition) is 3. The second kappa shape index (κ2) is 5.63. The third-order valence-electron chi connectivity index (χ3n) is 3.50. The van der Waals surface area contributed by atoms with Crippen molar-refractivity contribution in [2.24, 2.45) is 0 Å². The molecule has 0 aliphatic rings. The zero-order chi connectivity index (χ0) is 16.7. The molecule has 120 valence electrons. The molecule has 0 spiro atoms. The first-order valence-corrected chi connectivity index (χ1v) is 7.65. The van der Waals surface area contributed by atoms with E-state index in [-0.39, 0.29) is 11.6 Å². The Bertz CT molecular complexity index is 761. The van der Waals surface area contributed by atoms with Crippen LogP contribution >= 0.6 is 0 Å². The van der Waals surface area contributed by atoms with Gasteiger partial charge in [-0.2, -0.15) is 4.57 Å². The number of aromatic nitrogens is 2. The van der Waals surface area contributed by atoms with Gasteiger partial charge >= 0.3 is 11.8 Å². The molecule has 2 aromatic rings. The van der Waals surface area contributed by atoms with Crippen molar-refractivity contribution in [1.29, 1.82) is 0 Å². The van der Waals surface area contributed by atoms with Crippen LogP contribution in [-0.2, 0) is 11.3 Å². The van der Waals surface area contributed by atoms with Crippen LogP contribution in [0, 0.1) is 0 Å². The Kier molecular flexibility index (Phi) is 4.18. The minimum absolute atomic E-state index is 0.199. The lowest BCUT2D eigenvalue weighted by molar-refractivity contribution is 0.0537. The maximum absolute atomic E-state index is 12.6. The van der Waals surface area contributed by atoms with Crippen LogP contribution in [0.4, 0.5) is 4.79 Å². The number of rotatable bonds is 2. The minimum Gasteiger partial charge on any atom is -0.443 e. The molecule has 0 radical (unpaired) electrons. The average Bonchev–Trinajstić information content (AvgIpc) is 2.67. The minimum atomic E-state index is -0.649. The molecule has 0 bridgehead atoms. The highest BCUT2D eigenvalue weighted by Gasteiger charge is 2.25. The van der Waals surface area contributed by atoms with Crippen molar-refractivity contribution in [1.82, 2.24) is 9.13 Å². The molecule has 1 heterocycles. The molecule has 1 aromatic carbocycles. The highest BCUT2D eigenvalue weighted by atomic mass is 16.6. The largest absolute Gasteiger partial charge is 0.443 e. The van der Waals surface area contributed by atoms with Gasteiger partial charge in [0.15, 0.2) is 0 Å². The van der Waals surface area contributed by atoms with E-state index >= 15 is 0 Å². The standard InChI is InChI=1S/C17H24N2O3/c1-7-18-13-10-8-9-12(11(2)3)14(13)19(15(18)20)16(21)22-17(4,5)6/h8-11H,7H2,1-6H3. The summed E-state index contributed by atoms with van der Waals surface area (Å²) in [6.45, 7) is 11.9. The van der Waals surface area contributed by atoms with Gasteiger partial charge in [-0.3, -0.25) is 4.57 Å². The average molecular weight is 304 g/mol. The fourth-order valence-electron chi connectivity index (χ4n) is 2.58. The number of carbonyl (C=O) groups is 1. The lowest BCUT2D eigenvalue weighted by Gasteiger charge is -2.19. The summed E-state index contributed by atoms with van der Waals surface area (Å²) in [6, 6.07) is 5.74. The van der Waals surface area contributed by atoms with E-state index in [1.54, 1.807) is 25.3 Å². The van der Waals surface area contributed by atoms with Crippen molar-refractivity contribution in [3.05, 3.63) is 34.2 Å². The lowest BCUT2D eigenvalue weighted by Crippen LogP contribution is -2.34. The molecule has 0 aliphatic carbocycles. The Labute approximate surface area is 130 Å². The number of benzene rings is 1. The van der Waals surface area contributed by atoms with Gasteiger partial charge in [0.05, 0.1) is 11.0 Å². The van der Waals surface area contributed by atoms with Gasteiger partial charge in [0, 0.05) is 6.54 Å². The summed E-state index contributed by atoms with van der Waals surface area (Å²) in [4.78, 5) is 25.2. The Morgan fingerprint density at radius 1 is 1.27 bits per heavy atom. The highest BCUT2D eigenvalue weighted by molar-refractivity contribution is 5.89. The Balaban J connectivity index is 2.80. The van der Waals surface area contributed by atoms with E-state index in [0.29, 0.717) is 12.1 Å². The van der Waals surface area contributed by atoms with E-state index < -0.39 is 11.7 Å². The number of para-hydroxylation sites is 1. The SMILES string of the molecule is CCn1c(=O)n(C(=O)OC(C)(C)C)c2c(C(C)C)cccc21. The summed E-state index contributed by atoms with van der Waals surface area (Å²) >= 11 is 0. The third-order valence-corrected chi connectivity index (χ3v) is 3.50. The maximum atomic E-state index is 12.6. The number of nitrogens with zero attached hydrogens (tertiary/aromatic N) is 2. The maximum Gasteiger partial charge on any atom is 0.423 e. The fourth-order valence-corrected chi connectivity index (χ4v) is 2.58. The number of imidazole rings is 1. The predicted molar refractivity (Wildman–Crippen MR) is 87.6 cm³/mol. The number of fused-ring (bicyclic) bond motifs is 1. The van der Waals surface area contributed by atoms with Crippen LogP contribution in [0.1, 0.15) is 53.0 Å². The van der Waals surface area contributed by atoms with E-state index in [1.165, 1.54) is 4.57 Å². The molecule has 1 aromatic heterocycles. The normalized spacial score (nSPS) is 12.1. The van der Waals surface area contributed by atoms with Crippen molar-refractivity contribution in [2.75, 3.05) is 0 Å². The van der Waals surface area contributed by atoms with Crippen LogP contribution in [0.25, 0.3) is 11.0 Å². The number of aryl methyl sites for hydroxylation is 1. The molecule has 5 nitrogen and oxygen atoms in total. The topological polar surface area (TPSA) is 53.2 Å². The van der Waals surface area contributed by atoms with E-state index in [0.717, 1.165) is 11.1 Å². The number of hydrogen-bond donors (Lipinski definition) is 0. The molecule has 0 N–H and O–H groups in total. The molecule has 0 unspecified atom stereocenters. The van der Waals surface area contributed by atoms with Crippen molar-refractivity contribution in [2.45, 2.75) is 59.6 Å². The van der Waals surface area contributed by atoms with Crippen molar-refractivity contribution in [3.63, 3.8) is 0 Å². The van der Waals surface area contributed by atoms with Crippen LogP contribution < -0.4 is 5.69 Å². The smallest absolute Gasteiger partial charge is 0.423 e. The molecule has 0 atom stereocenters. The quantitative estimate of drug-likeness (QED) is 0.849. The fraction of sp³-hybridized carbons (Fsp3) is 0.529. The van der Waals surface area contributed by atoms with Gasteiger partial charge < -0.3 is 4.74 Å². The van der Waals surface area contributed by atoms with Crippen LogP contribution in [0.3, 0.4) is 0 Å². The number of carbonyl (C=O) groups excluding carboxylic acids is 1. The summed E-state index contributed by atoms with van der Waals surface area (Å²) in [5.41, 5.74) is 1.39. The second-order valence-electron chi connectivity index (χ2n) is 6.71. The first-order chi connectivity index (χ1) is 10.2. The molecule has 2 rings (SSSR count). The molecule has 0 aliphatic heterocycles. The van der Waals surface area contributed by atoms with Gasteiger partial charge in [-0.1, -0.05) is 26.0 Å². The van der Waals surface area contributed by atoms with Crippen LogP contribution in [0.15, 0.2) is 23.0 Å². The van der Waals surface area contributed by atoms with Gasteiger partial charge in [0.1, 0.15) is 5.60 Å². The molecule has 0 saturated heterocycles. The van der Waals surface area contributed by atoms with Crippen molar-refractivity contribution >= 4 is 17.1 Å². The second-order valence-corrected chi connectivity index (χ2v) is 6.71. The van der Waals surface area contributed by atoms with Gasteiger partial charge in [-0.25, -0.2) is 9.59 Å². The molecule has 0 saturated carbocycles. The first kappa shape index (κ1) is 16.3. The van der Waals surface area contributed by atoms with Gasteiger partial charge in [0.2, 0.25) is 0 Å². The Morgan fingerprint density at radius 2 is 1.91 bits per heavy atom. The van der Waals surface area contributed by atoms with Crippen LogP contribution in [0.5, 0.6) is 0 Å².